The number of para-hydroxylation sites is 2. The average Bonchev–Trinajstić information content (AvgIpc) is 3.43. The van der Waals surface area contributed by atoms with Crippen molar-refractivity contribution in [1.29, 1.82) is 0 Å². The lowest BCUT2D eigenvalue weighted by Crippen LogP contribution is -2.29. The maximum Gasteiger partial charge on any atom is 0.0630 e. The van der Waals surface area contributed by atoms with Crippen LogP contribution in [0.4, 0.5) is 11.4 Å². The predicted octanol–water partition coefficient (Wildman–Crippen LogP) is 8.88. The Labute approximate surface area is 212 Å². The highest BCUT2D eigenvalue weighted by molar-refractivity contribution is 6.08. The first-order valence-electron chi connectivity index (χ1n) is 12.9. The number of nitrogens with one attached hydrogen (secondary N) is 1. The molecule has 0 saturated heterocycles. The van der Waals surface area contributed by atoms with Crippen LogP contribution in [0.3, 0.4) is 0 Å². The molecule has 2 heteroatoms. The predicted molar refractivity (Wildman–Crippen MR) is 153 cm³/mol. The van der Waals surface area contributed by atoms with Crippen LogP contribution < -0.4 is 4.90 Å². The second-order valence-electron chi connectivity index (χ2n) is 11.2. The first-order valence-corrected chi connectivity index (χ1v) is 12.9. The monoisotopic (exact) mass is 466 g/mol. The maximum atomic E-state index is 3.55. The van der Waals surface area contributed by atoms with Crippen LogP contribution in [-0.4, -0.2) is 11.0 Å². The molecule has 0 fully saturated rings. The Kier molecular flexibility index (Phi) is 4.56. The summed E-state index contributed by atoms with van der Waals surface area (Å²) in [7, 11) is 0. The number of hydrogen-bond acceptors (Lipinski definition) is 1. The van der Waals surface area contributed by atoms with Gasteiger partial charge in [0.2, 0.25) is 0 Å². The molecule has 5 aromatic rings. The maximum absolute atomic E-state index is 3.55. The summed E-state index contributed by atoms with van der Waals surface area (Å²) in [6.45, 7) is 6.85. The van der Waals surface area contributed by atoms with Crippen molar-refractivity contribution in [2.24, 2.45) is 0 Å². The molecule has 1 N–H and O–H groups in total. The van der Waals surface area contributed by atoms with Gasteiger partial charge in [0.25, 0.3) is 0 Å². The standard InChI is InChI=1S/C34H30N2/c1-34(2,3)24-9-8-10-25(21-24)36-32-14-7-5-12-27(32)29-20-23(16-18-33(29)36)22-15-17-31-28(19-22)26-11-4-6-13-30(26)35-31/h4-21,29,33,35H,1-3H3. The van der Waals surface area contributed by atoms with Crippen molar-refractivity contribution in [1.82, 2.24) is 4.98 Å². The first-order chi connectivity index (χ1) is 17.5. The number of benzene rings is 4. The molecule has 1 aromatic heterocycles. The number of hydrogen-bond donors (Lipinski definition) is 1. The van der Waals surface area contributed by atoms with E-state index in [9.17, 15) is 0 Å². The molecule has 0 bridgehead atoms. The van der Waals surface area contributed by atoms with Gasteiger partial charge in [-0.25, -0.2) is 0 Å². The zero-order chi connectivity index (χ0) is 24.4. The zero-order valence-electron chi connectivity index (χ0n) is 21.0. The summed E-state index contributed by atoms with van der Waals surface area (Å²) >= 11 is 0. The van der Waals surface area contributed by atoms with Crippen LogP contribution in [-0.2, 0) is 5.41 Å². The Hall–Kier alpha value is -4.04. The molecule has 176 valence electrons. The van der Waals surface area contributed by atoms with E-state index in [0.29, 0.717) is 5.92 Å². The number of rotatable bonds is 2. The van der Waals surface area contributed by atoms with Gasteiger partial charge in [0, 0.05) is 39.1 Å². The van der Waals surface area contributed by atoms with Crippen LogP contribution in [0.1, 0.15) is 43.4 Å². The zero-order valence-corrected chi connectivity index (χ0v) is 21.0. The van der Waals surface area contributed by atoms with E-state index in [1.807, 2.05) is 0 Å². The largest absolute Gasteiger partial charge is 0.355 e. The molecule has 7 rings (SSSR count). The lowest BCUT2D eigenvalue weighted by molar-refractivity contribution is 0.590. The fourth-order valence-electron chi connectivity index (χ4n) is 5.99. The Morgan fingerprint density at radius 2 is 1.56 bits per heavy atom. The molecule has 0 spiro atoms. The van der Waals surface area contributed by atoms with E-state index < -0.39 is 0 Å². The molecule has 36 heavy (non-hydrogen) atoms. The Morgan fingerprint density at radius 1 is 0.750 bits per heavy atom. The van der Waals surface area contributed by atoms with E-state index in [1.54, 1.807) is 0 Å². The number of anilines is 2. The second-order valence-corrected chi connectivity index (χ2v) is 11.2. The van der Waals surface area contributed by atoms with Crippen molar-refractivity contribution in [2.45, 2.75) is 38.1 Å². The van der Waals surface area contributed by atoms with E-state index >= 15 is 0 Å². The van der Waals surface area contributed by atoms with E-state index in [2.05, 4.69) is 140 Å². The number of aromatic nitrogens is 1. The topological polar surface area (TPSA) is 19.0 Å². The van der Waals surface area contributed by atoms with Crippen LogP contribution in [0.15, 0.2) is 109 Å². The SMILES string of the molecule is CC(C)(C)c1cccc(N2c3ccccc3C3C=C(c4ccc5[nH]c6ccccc6c5c4)C=CC32)c1. The Bertz CT molecular complexity index is 1690. The number of fused-ring (bicyclic) bond motifs is 6. The molecule has 0 saturated carbocycles. The summed E-state index contributed by atoms with van der Waals surface area (Å²) in [6.07, 6.45) is 7.21. The van der Waals surface area contributed by atoms with Crippen molar-refractivity contribution in [2.75, 3.05) is 4.90 Å². The quantitative estimate of drug-likeness (QED) is 0.275. The van der Waals surface area contributed by atoms with Crippen LogP contribution in [0, 0.1) is 0 Å². The lowest BCUT2D eigenvalue weighted by atomic mass is 9.85. The summed E-state index contributed by atoms with van der Waals surface area (Å²) in [5, 5.41) is 2.57. The molecule has 2 atom stereocenters. The molecular weight excluding hydrogens is 436 g/mol. The van der Waals surface area contributed by atoms with Gasteiger partial charge in [0.15, 0.2) is 0 Å². The molecular formula is C34H30N2. The van der Waals surface area contributed by atoms with Crippen molar-refractivity contribution in [3.8, 4) is 0 Å². The normalized spacial score (nSPS) is 19.0. The third kappa shape index (κ3) is 3.25. The minimum Gasteiger partial charge on any atom is -0.355 e. The van der Waals surface area contributed by atoms with E-state index in [0.717, 1.165) is 0 Å². The molecule has 2 heterocycles. The number of nitrogens with zero attached hydrogens (tertiary/aromatic N) is 1. The molecule has 2 aliphatic rings. The van der Waals surface area contributed by atoms with Gasteiger partial charge >= 0.3 is 0 Å². The number of allylic oxidation sites excluding steroid dienone is 2. The van der Waals surface area contributed by atoms with Crippen LogP contribution in [0.25, 0.3) is 27.4 Å². The summed E-state index contributed by atoms with van der Waals surface area (Å²) in [6, 6.07) is 33.6. The summed E-state index contributed by atoms with van der Waals surface area (Å²) < 4.78 is 0. The first kappa shape index (κ1) is 21.3. The number of H-pyrrole nitrogens is 1. The van der Waals surface area contributed by atoms with Gasteiger partial charge in [-0.05, 0) is 64.1 Å². The molecule has 0 radical (unpaired) electrons. The minimum absolute atomic E-state index is 0.116. The minimum atomic E-state index is 0.116. The summed E-state index contributed by atoms with van der Waals surface area (Å²) in [5.41, 5.74) is 10.4. The lowest BCUT2D eigenvalue weighted by Gasteiger charge is -2.31. The van der Waals surface area contributed by atoms with Gasteiger partial charge in [-0.1, -0.05) is 93.6 Å². The van der Waals surface area contributed by atoms with Crippen LogP contribution in [0.5, 0.6) is 0 Å². The highest BCUT2D eigenvalue weighted by Crippen LogP contribution is 2.49. The van der Waals surface area contributed by atoms with Crippen molar-refractivity contribution < 1.29 is 0 Å². The highest BCUT2D eigenvalue weighted by Gasteiger charge is 2.38. The highest BCUT2D eigenvalue weighted by atomic mass is 15.2. The third-order valence-electron chi connectivity index (χ3n) is 7.88. The molecule has 4 aromatic carbocycles. The smallest absolute Gasteiger partial charge is 0.0630 e. The molecule has 2 unspecified atom stereocenters. The Morgan fingerprint density at radius 3 is 2.44 bits per heavy atom. The van der Waals surface area contributed by atoms with Gasteiger partial charge in [-0.3, -0.25) is 0 Å². The van der Waals surface area contributed by atoms with Gasteiger partial charge in [-0.15, -0.1) is 0 Å². The van der Waals surface area contributed by atoms with Gasteiger partial charge in [-0.2, -0.15) is 0 Å². The van der Waals surface area contributed by atoms with Crippen LogP contribution >= 0.6 is 0 Å². The fourth-order valence-corrected chi connectivity index (χ4v) is 5.99. The van der Waals surface area contributed by atoms with Gasteiger partial charge < -0.3 is 9.88 Å². The van der Waals surface area contributed by atoms with E-state index in [-0.39, 0.29) is 11.5 Å². The summed E-state index contributed by atoms with van der Waals surface area (Å²) in [5.74, 6) is 0.318. The number of aromatic amines is 1. The van der Waals surface area contributed by atoms with Crippen molar-refractivity contribution in [3.63, 3.8) is 0 Å². The third-order valence-corrected chi connectivity index (χ3v) is 7.88. The van der Waals surface area contributed by atoms with Crippen molar-refractivity contribution >= 4 is 38.8 Å². The Balaban J connectivity index is 1.32. The van der Waals surface area contributed by atoms with E-state index in [4.69, 9.17) is 0 Å². The van der Waals surface area contributed by atoms with Crippen molar-refractivity contribution in [3.05, 3.63) is 126 Å². The molecule has 0 amide bonds. The molecule has 1 aliphatic carbocycles. The van der Waals surface area contributed by atoms with E-state index in [1.165, 1.54) is 55.4 Å². The second kappa shape index (κ2) is 7.73. The molecule has 2 nitrogen and oxygen atoms in total. The van der Waals surface area contributed by atoms with Gasteiger partial charge in [0.05, 0.1) is 6.04 Å². The molecule has 1 aliphatic heterocycles. The van der Waals surface area contributed by atoms with Gasteiger partial charge in [0.1, 0.15) is 0 Å². The van der Waals surface area contributed by atoms with Crippen LogP contribution in [0.2, 0.25) is 0 Å². The average molecular weight is 467 g/mol. The fraction of sp³-hybridized carbons (Fsp3) is 0.176. The summed E-state index contributed by atoms with van der Waals surface area (Å²) in [4.78, 5) is 6.08.